The fraction of sp³-hybridized carbons (Fsp3) is 0.538. The molecule has 90 valence electrons. The second-order valence-electron chi connectivity index (χ2n) is 4.03. The van der Waals surface area contributed by atoms with Gasteiger partial charge in [-0.3, -0.25) is 0 Å². The van der Waals surface area contributed by atoms with Gasteiger partial charge in [-0.1, -0.05) is 31.4 Å². The molecule has 1 rings (SSSR count). The Morgan fingerprint density at radius 2 is 2.19 bits per heavy atom. The summed E-state index contributed by atoms with van der Waals surface area (Å²) in [6.45, 7) is 4.38. The van der Waals surface area contributed by atoms with Crippen LogP contribution < -0.4 is 10.1 Å². The Morgan fingerprint density at radius 3 is 2.81 bits per heavy atom. The minimum absolute atomic E-state index is 0.437. The number of ether oxygens (including phenoxy) is 1. The van der Waals surface area contributed by atoms with Crippen LogP contribution in [-0.4, -0.2) is 13.2 Å². The van der Waals surface area contributed by atoms with Crippen molar-refractivity contribution in [2.24, 2.45) is 0 Å². The molecule has 1 N–H and O–H groups in total. The number of rotatable bonds is 6. The van der Waals surface area contributed by atoms with Crippen LogP contribution in [0.3, 0.4) is 0 Å². The normalized spacial score (nSPS) is 12.2. The molecule has 0 radical (unpaired) electrons. The number of anilines is 1. The highest BCUT2D eigenvalue weighted by Crippen LogP contribution is 2.28. The van der Waals surface area contributed by atoms with Crippen LogP contribution in [0.25, 0.3) is 0 Å². The zero-order chi connectivity index (χ0) is 12.0. The van der Waals surface area contributed by atoms with Crippen molar-refractivity contribution in [1.29, 1.82) is 0 Å². The highest BCUT2D eigenvalue weighted by atomic mass is 35.5. The van der Waals surface area contributed by atoms with Gasteiger partial charge in [0.1, 0.15) is 5.75 Å². The maximum Gasteiger partial charge on any atom is 0.142 e. The van der Waals surface area contributed by atoms with Crippen molar-refractivity contribution in [2.45, 2.75) is 39.2 Å². The van der Waals surface area contributed by atoms with Crippen molar-refractivity contribution < 1.29 is 4.74 Å². The summed E-state index contributed by atoms with van der Waals surface area (Å²) >= 11 is 5.97. The van der Waals surface area contributed by atoms with Crippen molar-refractivity contribution in [3.63, 3.8) is 0 Å². The van der Waals surface area contributed by atoms with E-state index in [0.717, 1.165) is 22.9 Å². The molecule has 1 aromatic carbocycles. The van der Waals surface area contributed by atoms with Gasteiger partial charge in [0.2, 0.25) is 0 Å². The number of halogens is 1. The molecule has 0 heterocycles. The Bertz CT molecular complexity index is 328. The molecule has 0 aliphatic heterocycles. The summed E-state index contributed by atoms with van der Waals surface area (Å²) in [5, 5.41) is 4.16. The van der Waals surface area contributed by atoms with Crippen LogP contribution in [0, 0.1) is 0 Å². The highest BCUT2D eigenvalue weighted by molar-refractivity contribution is 6.30. The van der Waals surface area contributed by atoms with E-state index in [1.165, 1.54) is 12.8 Å². The predicted molar refractivity (Wildman–Crippen MR) is 70.6 cm³/mol. The Balaban J connectivity index is 2.67. The van der Waals surface area contributed by atoms with E-state index in [4.69, 9.17) is 16.3 Å². The van der Waals surface area contributed by atoms with E-state index in [-0.39, 0.29) is 0 Å². The average molecular weight is 242 g/mol. The van der Waals surface area contributed by atoms with Crippen LogP contribution in [0.4, 0.5) is 5.69 Å². The Kier molecular flexibility index (Phi) is 5.47. The first-order valence-electron chi connectivity index (χ1n) is 5.77. The molecule has 0 aliphatic rings. The van der Waals surface area contributed by atoms with Gasteiger partial charge in [0.05, 0.1) is 12.8 Å². The van der Waals surface area contributed by atoms with Crippen LogP contribution in [0.1, 0.15) is 33.1 Å². The van der Waals surface area contributed by atoms with Gasteiger partial charge in [0, 0.05) is 11.1 Å². The first-order chi connectivity index (χ1) is 7.67. The third-order valence-electron chi connectivity index (χ3n) is 2.55. The highest BCUT2D eigenvalue weighted by Gasteiger charge is 2.07. The van der Waals surface area contributed by atoms with Crippen molar-refractivity contribution in [1.82, 2.24) is 0 Å². The smallest absolute Gasteiger partial charge is 0.142 e. The monoisotopic (exact) mass is 241 g/mol. The lowest BCUT2D eigenvalue weighted by molar-refractivity contribution is 0.416. The molecule has 0 amide bonds. The van der Waals surface area contributed by atoms with E-state index in [2.05, 4.69) is 19.2 Å². The molecule has 0 aromatic heterocycles. The van der Waals surface area contributed by atoms with E-state index >= 15 is 0 Å². The molecule has 1 atom stereocenters. The lowest BCUT2D eigenvalue weighted by Gasteiger charge is -2.17. The first-order valence-corrected chi connectivity index (χ1v) is 6.15. The van der Waals surface area contributed by atoms with Crippen molar-refractivity contribution in [3.8, 4) is 5.75 Å². The number of unbranched alkanes of at least 4 members (excludes halogenated alkanes) is 1. The van der Waals surface area contributed by atoms with E-state index in [9.17, 15) is 0 Å². The summed E-state index contributed by atoms with van der Waals surface area (Å²) in [6.07, 6.45) is 3.61. The van der Waals surface area contributed by atoms with E-state index in [0.29, 0.717) is 6.04 Å². The number of hydrogen-bond acceptors (Lipinski definition) is 2. The molecule has 0 bridgehead atoms. The van der Waals surface area contributed by atoms with Gasteiger partial charge in [-0.2, -0.15) is 0 Å². The summed E-state index contributed by atoms with van der Waals surface area (Å²) in [5.74, 6) is 0.841. The largest absolute Gasteiger partial charge is 0.495 e. The molecule has 1 aromatic rings. The summed E-state index contributed by atoms with van der Waals surface area (Å²) in [5.41, 5.74) is 0.971. The van der Waals surface area contributed by atoms with Crippen LogP contribution >= 0.6 is 11.6 Å². The standard InChI is InChI=1S/C13H20ClNO/c1-4-5-6-10(2)15-12-9-11(14)7-8-13(12)16-3/h7-10,15H,4-6H2,1-3H3. The van der Waals surface area contributed by atoms with Gasteiger partial charge in [-0.25, -0.2) is 0 Å². The predicted octanol–water partition coefficient (Wildman–Crippen LogP) is 4.34. The van der Waals surface area contributed by atoms with Gasteiger partial charge >= 0.3 is 0 Å². The maximum atomic E-state index is 5.97. The van der Waals surface area contributed by atoms with Gasteiger partial charge in [-0.05, 0) is 31.5 Å². The zero-order valence-corrected chi connectivity index (χ0v) is 11.0. The van der Waals surface area contributed by atoms with Crippen LogP contribution in [-0.2, 0) is 0 Å². The van der Waals surface area contributed by atoms with Crippen LogP contribution in [0.15, 0.2) is 18.2 Å². The molecule has 2 nitrogen and oxygen atoms in total. The summed E-state index contributed by atoms with van der Waals surface area (Å²) in [6, 6.07) is 6.06. The van der Waals surface area contributed by atoms with Crippen molar-refractivity contribution in [2.75, 3.05) is 12.4 Å². The molecule has 3 heteroatoms. The summed E-state index contributed by atoms with van der Waals surface area (Å²) < 4.78 is 5.28. The number of hydrogen-bond donors (Lipinski definition) is 1. The van der Waals surface area contributed by atoms with E-state index in [1.54, 1.807) is 7.11 Å². The Hall–Kier alpha value is -0.890. The van der Waals surface area contributed by atoms with E-state index < -0.39 is 0 Å². The minimum atomic E-state index is 0.437. The van der Waals surface area contributed by atoms with E-state index in [1.807, 2.05) is 18.2 Å². The molecule has 0 spiro atoms. The van der Waals surface area contributed by atoms with Gasteiger partial charge in [-0.15, -0.1) is 0 Å². The first kappa shape index (κ1) is 13.2. The van der Waals surface area contributed by atoms with Crippen molar-refractivity contribution in [3.05, 3.63) is 23.2 Å². The second kappa shape index (κ2) is 6.64. The lowest BCUT2D eigenvalue weighted by atomic mass is 10.1. The summed E-state index contributed by atoms with van der Waals surface area (Å²) in [7, 11) is 1.67. The fourth-order valence-electron chi connectivity index (χ4n) is 1.64. The topological polar surface area (TPSA) is 21.3 Å². The second-order valence-corrected chi connectivity index (χ2v) is 4.47. The SMILES string of the molecule is CCCCC(C)Nc1cc(Cl)ccc1OC. The van der Waals surface area contributed by atoms with Gasteiger partial charge in [0.15, 0.2) is 0 Å². The number of nitrogens with one attached hydrogen (secondary N) is 1. The van der Waals surface area contributed by atoms with Crippen LogP contribution in [0.5, 0.6) is 5.75 Å². The molecule has 0 fully saturated rings. The third-order valence-corrected chi connectivity index (χ3v) is 2.79. The minimum Gasteiger partial charge on any atom is -0.495 e. The lowest BCUT2D eigenvalue weighted by Crippen LogP contribution is -2.15. The third kappa shape index (κ3) is 3.93. The Morgan fingerprint density at radius 1 is 1.44 bits per heavy atom. The summed E-state index contributed by atoms with van der Waals surface area (Å²) in [4.78, 5) is 0. The zero-order valence-electron chi connectivity index (χ0n) is 10.2. The van der Waals surface area contributed by atoms with Gasteiger partial charge in [0.25, 0.3) is 0 Å². The van der Waals surface area contributed by atoms with Gasteiger partial charge < -0.3 is 10.1 Å². The molecule has 0 aliphatic carbocycles. The molecule has 0 saturated heterocycles. The molecule has 16 heavy (non-hydrogen) atoms. The number of methoxy groups -OCH3 is 1. The number of benzene rings is 1. The molecular weight excluding hydrogens is 222 g/mol. The quantitative estimate of drug-likeness (QED) is 0.800. The molecule has 1 unspecified atom stereocenters. The average Bonchev–Trinajstić information content (AvgIpc) is 2.27. The molecular formula is C13H20ClNO. The maximum absolute atomic E-state index is 5.97. The Labute approximate surface area is 103 Å². The van der Waals surface area contributed by atoms with Crippen LogP contribution in [0.2, 0.25) is 5.02 Å². The van der Waals surface area contributed by atoms with Crippen molar-refractivity contribution >= 4 is 17.3 Å². The fourth-order valence-corrected chi connectivity index (χ4v) is 1.81. The molecule has 0 saturated carbocycles.